The summed E-state index contributed by atoms with van der Waals surface area (Å²) in [6, 6.07) is 7.07. The van der Waals surface area contributed by atoms with E-state index in [-0.39, 0.29) is 11.7 Å². The Bertz CT molecular complexity index is 390. The number of benzene rings is 1. The van der Waals surface area contributed by atoms with E-state index in [4.69, 9.17) is 5.73 Å². The zero-order chi connectivity index (χ0) is 14.8. The van der Waals surface area contributed by atoms with Crippen LogP contribution in [0, 0.1) is 5.92 Å². The number of carbonyl (C=O) groups excluding carboxylic acids is 1. The van der Waals surface area contributed by atoms with Crippen molar-refractivity contribution in [3.05, 3.63) is 29.8 Å². The molecular weight excluding hydrogens is 252 g/mol. The van der Waals surface area contributed by atoms with Crippen LogP contribution in [0.15, 0.2) is 24.3 Å². The van der Waals surface area contributed by atoms with Crippen molar-refractivity contribution in [1.82, 2.24) is 5.32 Å². The summed E-state index contributed by atoms with van der Waals surface area (Å²) in [5.74, 6) is 0.936. The highest BCUT2D eigenvalue weighted by Gasteiger charge is 2.08. The van der Waals surface area contributed by atoms with Crippen molar-refractivity contribution in [3.63, 3.8) is 0 Å². The number of hydrogen-bond acceptors (Lipinski definition) is 3. The molecule has 1 amide bonds. The van der Waals surface area contributed by atoms with Crippen LogP contribution in [0.1, 0.15) is 38.2 Å². The average Bonchev–Trinajstić information content (AvgIpc) is 2.45. The van der Waals surface area contributed by atoms with E-state index in [0.717, 1.165) is 31.2 Å². The molecule has 20 heavy (non-hydrogen) atoms. The monoisotopic (exact) mass is 278 g/mol. The minimum Gasteiger partial charge on any atom is -0.508 e. The predicted octanol–water partition coefficient (Wildman–Crippen LogP) is 2.21. The first-order chi connectivity index (χ1) is 9.65. The summed E-state index contributed by atoms with van der Waals surface area (Å²) in [5.41, 5.74) is 6.66. The van der Waals surface area contributed by atoms with Crippen molar-refractivity contribution < 1.29 is 9.90 Å². The van der Waals surface area contributed by atoms with Gasteiger partial charge in [-0.05, 0) is 49.4 Å². The Kier molecular flexibility index (Phi) is 7.73. The van der Waals surface area contributed by atoms with Gasteiger partial charge in [-0.15, -0.1) is 0 Å². The van der Waals surface area contributed by atoms with Gasteiger partial charge in [-0.3, -0.25) is 4.79 Å². The van der Waals surface area contributed by atoms with Gasteiger partial charge in [-0.2, -0.15) is 0 Å². The fourth-order valence-corrected chi connectivity index (χ4v) is 2.22. The van der Waals surface area contributed by atoms with Gasteiger partial charge in [-0.1, -0.05) is 25.5 Å². The third kappa shape index (κ3) is 6.57. The summed E-state index contributed by atoms with van der Waals surface area (Å²) in [4.78, 5) is 11.7. The minimum atomic E-state index is 0.110. The van der Waals surface area contributed by atoms with Gasteiger partial charge < -0.3 is 16.2 Å². The second-order valence-electron chi connectivity index (χ2n) is 5.16. The maximum absolute atomic E-state index is 11.7. The van der Waals surface area contributed by atoms with Crippen molar-refractivity contribution >= 4 is 5.91 Å². The highest BCUT2D eigenvalue weighted by molar-refractivity contribution is 5.75. The van der Waals surface area contributed by atoms with Crippen molar-refractivity contribution in [1.29, 1.82) is 0 Å². The van der Waals surface area contributed by atoms with E-state index in [0.29, 0.717) is 25.4 Å². The molecule has 0 aromatic heterocycles. The number of hydrogen-bond donors (Lipinski definition) is 3. The quantitative estimate of drug-likeness (QED) is 0.648. The van der Waals surface area contributed by atoms with Crippen LogP contribution in [0.4, 0.5) is 0 Å². The molecule has 0 saturated heterocycles. The number of rotatable bonds is 9. The van der Waals surface area contributed by atoms with Gasteiger partial charge in [0.25, 0.3) is 0 Å². The van der Waals surface area contributed by atoms with Crippen molar-refractivity contribution in [2.45, 2.75) is 39.0 Å². The molecule has 1 aromatic carbocycles. The van der Waals surface area contributed by atoms with E-state index < -0.39 is 0 Å². The molecule has 1 atom stereocenters. The van der Waals surface area contributed by atoms with Gasteiger partial charge in [0.15, 0.2) is 0 Å². The Morgan fingerprint density at radius 1 is 1.30 bits per heavy atom. The first kappa shape index (κ1) is 16.5. The van der Waals surface area contributed by atoms with Crippen molar-refractivity contribution in [3.8, 4) is 5.75 Å². The van der Waals surface area contributed by atoms with Gasteiger partial charge in [0, 0.05) is 13.0 Å². The second kappa shape index (κ2) is 9.37. The van der Waals surface area contributed by atoms with Gasteiger partial charge in [0.05, 0.1) is 0 Å². The third-order valence-corrected chi connectivity index (χ3v) is 3.60. The molecule has 0 saturated carbocycles. The van der Waals surface area contributed by atoms with Crippen molar-refractivity contribution in [2.75, 3.05) is 13.1 Å². The molecule has 1 rings (SSSR count). The molecular formula is C16H26N2O2. The molecule has 0 fully saturated rings. The Labute approximate surface area is 121 Å². The first-order valence-corrected chi connectivity index (χ1v) is 7.40. The number of carbonyl (C=O) groups is 1. The molecule has 1 aromatic rings. The van der Waals surface area contributed by atoms with Gasteiger partial charge in [-0.25, -0.2) is 0 Å². The second-order valence-corrected chi connectivity index (χ2v) is 5.16. The van der Waals surface area contributed by atoms with E-state index in [9.17, 15) is 9.90 Å². The van der Waals surface area contributed by atoms with E-state index in [1.807, 2.05) is 12.1 Å². The van der Waals surface area contributed by atoms with E-state index in [2.05, 4.69) is 12.2 Å². The average molecular weight is 278 g/mol. The fourth-order valence-electron chi connectivity index (χ4n) is 2.22. The highest BCUT2D eigenvalue weighted by atomic mass is 16.3. The van der Waals surface area contributed by atoms with Gasteiger partial charge >= 0.3 is 0 Å². The number of nitrogens with two attached hydrogens (primary N) is 1. The summed E-state index contributed by atoms with van der Waals surface area (Å²) in [7, 11) is 0. The SMILES string of the molecule is CCC(CCN)CCC(=O)NCCc1ccc(O)cc1. The zero-order valence-electron chi connectivity index (χ0n) is 12.3. The summed E-state index contributed by atoms with van der Waals surface area (Å²) in [6.07, 6.45) is 4.36. The van der Waals surface area contributed by atoms with E-state index in [1.54, 1.807) is 12.1 Å². The predicted molar refractivity (Wildman–Crippen MR) is 81.5 cm³/mol. The number of amides is 1. The molecule has 0 aliphatic carbocycles. The lowest BCUT2D eigenvalue weighted by Gasteiger charge is -2.13. The summed E-state index contributed by atoms with van der Waals surface area (Å²) in [6.45, 7) is 3.47. The van der Waals surface area contributed by atoms with Crippen LogP contribution in [0.5, 0.6) is 5.75 Å². The Balaban J connectivity index is 2.18. The molecule has 0 heterocycles. The molecule has 4 N–H and O–H groups in total. The summed E-state index contributed by atoms with van der Waals surface area (Å²) < 4.78 is 0. The minimum absolute atomic E-state index is 0.110. The molecule has 1 unspecified atom stereocenters. The van der Waals surface area contributed by atoms with E-state index in [1.165, 1.54) is 0 Å². The van der Waals surface area contributed by atoms with Crippen LogP contribution in [0.2, 0.25) is 0 Å². The van der Waals surface area contributed by atoms with Crippen LogP contribution in [0.25, 0.3) is 0 Å². The number of phenols is 1. The molecule has 112 valence electrons. The maximum Gasteiger partial charge on any atom is 0.220 e. The fraction of sp³-hybridized carbons (Fsp3) is 0.562. The van der Waals surface area contributed by atoms with Crippen LogP contribution >= 0.6 is 0 Å². The lowest BCUT2D eigenvalue weighted by Crippen LogP contribution is -2.26. The van der Waals surface area contributed by atoms with Gasteiger partial charge in [0.2, 0.25) is 5.91 Å². The first-order valence-electron chi connectivity index (χ1n) is 7.40. The number of aromatic hydroxyl groups is 1. The highest BCUT2D eigenvalue weighted by Crippen LogP contribution is 2.14. The van der Waals surface area contributed by atoms with Crippen molar-refractivity contribution in [2.24, 2.45) is 11.7 Å². The zero-order valence-corrected chi connectivity index (χ0v) is 12.3. The molecule has 0 spiro atoms. The molecule has 0 aliphatic rings. The third-order valence-electron chi connectivity index (χ3n) is 3.60. The molecule has 4 heteroatoms. The largest absolute Gasteiger partial charge is 0.508 e. The lowest BCUT2D eigenvalue weighted by molar-refractivity contribution is -0.121. The van der Waals surface area contributed by atoms with E-state index >= 15 is 0 Å². The molecule has 0 radical (unpaired) electrons. The Hall–Kier alpha value is -1.55. The van der Waals surface area contributed by atoms with Gasteiger partial charge in [0.1, 0.15) is 5.75 Å². The summed E-state index contributed by atoms with van der Waals surface area (Å²) in [5, 5.41) is 12.1. The number of phenolic OH excluding ortho intramolecular Hbond substituents is 1. The van der Waals surface area contributed by atoms with Crippen LogP contribution in [0.3, 0.4) is 0 Å². The molecule has 4 nitrogen and oxygen atoms in total. The maximum atomic E-state index is 11.7. The lowest BCUT2D eigenvalue weighted by atomic mass is 9.96. The Morgan fingerprint density at radius 2 is 2.00 bits per heavy atom. The smallest absolute Gasteiger partial charge is 0.220 e. The van der Waals surface area contributed by atoms with Crippen LogP contribution in [-0.4, -0.2) is 24.1 Å². The van der Waals surface area contributed by atoms with Crippen LogP contribution < -0.4 is 11.1 Å². The molecule has 0 bridgehead atoms. The summed E-state index contributed by atoms with van der Waals surface area (Å²) >= 11 is 0. The Morgan fingerprint density at radius 3 is 2.60 bits per heavy atom. The van der Waals surface area contributed by atoms with Crippen LogP contribution in [-0.2, 0) is 11.2 Å². The molecule has 0 aliphatic heterocycles. The normalized spacial score (nSPS) is 12.1. The number of nitrogens with one attached hydrogen (secondary N) is 1. The standard InChI is InChI=1S/C16H26N2O2/c1-2-13(9-11-17)5-8-16(20)18-12-10-14-3-6-15(19)7-4-14/h3-4,6-7,13,19H,2,5,8-12,17H2,1H3,(H,18,20). The topological polar surface area (TPSA) is 75.4 Å².